The van der Waals surface area contributed by atoms with Crippen LogP contribution >= 0.6 is 0 Å². The van der Waals surface area contributed by atoms with Crippen LogP contribution in [0.15, 0.2) is 0 Å². The molecule has 0 radical (unpaired) electrons. The predicted molar refractivity (Wildman–Crippen MR) is 80.8 cm³/mol. The van der Waals surface area contributed by atoms with Crippen molar-refractivity contribution in [3.8, 4) is 0 Å². The summed E-state index contributed by atoms with van der Waals surface area (Å²) >= 11 is 0. The summed E-state index contributed by atoms with van der Waals surface area (Å²) in [5, 5.41) is 3.66. The van der Waals surface area contributed by atoms with Gasteiger partial charge in [-0.2, -0.15) is 0 Å². The molecule has 3 N–H and O–H groups in total. The first-order valence-electron chi connectivity index (χ1n) is 8.33. The fourth-order valence-electron chi connectivity index (χ4n) is 2.96. The van der Waals surface area contributed by atoms with E-state index in [0.717, 1.165) is 0 Å². The molecule has 0 aliphatic heterocycles. The van der Waals surface area contributed by atoms with E-state index in [2.05, 4.69) is 12.2 Å². The minimum absolute atomic E-state index is 0.410. The molecular formula is C16H34N2. The Morgan fingerprint density at radius 3 is 2.17 bits per heavy atom. The average molecular weight is 254 g/mol. The molecule has 0 aromatic heterocycles. The molecule has 0 spiro atoms. The van der Waals surface area contributed by atoms with Crippen molar-refractivity contribution in [1.82, 2.24) is 5.32 Å². The van der Waals surface area contributed by atoms with Gasteiger partial charge < -0.3 is 11.1 Å². The largest absolute Gasteiger partial charge is 0.326 e. The van der Waals surface area contributed by atoms with Crippen molar-refractivity contribution < 1.29 is 0 Å². The van der Waals surface area contributed by atoms with E-state index in [4.69, 9.17) is 5.73 Å². The molecule has 2 unspecified atom stereocenters. The van der Waals surface area contributed by atoms with E-state index in [-0.39, 0.29) is 0 Å². The number of unbranched alkanes of at least 4 members (excludes halogenated alkanes) is 7. The second-order valence-electron chi connectivity index (χ2n) is 5.98. The minimum Gasteiger partial charge on any atom is -0.326 e. The first-order chi connectivity index (χ1) is 8.84. The molecule has 0 heterocycles. The van der Waals surface area contributed by atoms with Crippen molar-refractivity contribution in [2.45, 2.75) is 96.1 Å². The van der Waals surface area contributed by atoms with Gasteiger partial charge in [-0.3, -0.25) is 0 Å². The smallest absolute Gasteiger partial charge is 0.0219 e. The Kier molecular flexibility index (Phi) is 9.59. The normalized spacial score (nSPS) is 24.3. The zero-order valence-electron chi connectivity index (χ0n) is 12.4. The topological polar surface area (TPSA) is 38.0 Å². The lowest BCUT2D eigenvalue weighted by atomic mass is 9.91. The summed E-state index contributed by atoms with van der Waals surface area (Å²) in [6.45, 7) is 3.45. The summed E-state index contributed by atoms with van der Waals surface area (Å²) < 4.78 is 0. The number of nitrogens with two attached hydrogens (primary N) is 1. The van der Waals surface area contributed by atoms with E-state index in [9.17, 15) is 0 Å². The van der Waals surface area contributed by atoms with Crippen molar-refractivity contribution in [3.05, 3.63) is 0 Å². The average Bonchev–Trinajstić information content (AvgIpc) is 2.39. The van der Waals surface area contributed by atoms with Crippen molar-refractivity contribution in [2.75, 3.05) is 6.54 Å². The lowest BCUT2D eigenvalue weighted by Crippen LogP contribution is -2.47. The third-order valence-electron chi connectivity index (χ3n) is 4.26. The first-order valence-corrected chi connectivity index (χ1v) is 8.33. The Morgan fingerprint density at radius 2 is 1.50 bits per heavy atom. The van der Waals surface area contributed by atoms with Gasteiger partial charge >= 0.3 is 0 Å². The molecule has 0 aromatic carbocycles. The van der Waals surface area contributed by atoms with Crippen LogP contribution in [0.25, 0.3) is 0 Å². The molecule has 2 atom stereocenters. The molecule has 2 heteroatoms. The highest BCUT2D eigenvalue weighted by Crippen LogP contribution is 2.17. The Labute approximate surface area is 114 Å². The first kappa shape index (κ1) is 16.0. The van der Waals surface area contributed by atoms with Crippen LogP contribution in [0.1, 0.15) is 84.0 Å². The van der Waals surface area contributed by atoms with Gasteiger partial charge in [0.05, 0.1) is 0 Å². The Morgan fingerprint density at radius 1 is 0.889 bits per heavy atom. The fraction of sp³-hybridized carbons (Fsp3) is 1.00. The summed E-state index contributed by atoms with van der Waals surface area (Å²) in [5.41, 5.74) is 6.13. The molecular weight excluding hydrogens is 220 g/mol. The summed E-state index contributed by atoms with van der Waals surface area (Å²) in [6, 6.07) is 1.01. The highest BCUT2D eigenvalue weighted by Gasteiger charge is 2.20. The van der Waals surface area contributed by atoms with Crippen LogP contribution in [0.3, 0.4) is 0 Å². The molecule has 1 aliphatic carbocycles. The third kappa shape index (κ3) is 7.38. The number of rotatable bonds is 10. The molecule has 1 fully saturated rings. The lowest BCUT2D eigenvalue weighted by Gasteiger charge is -2.29. The zero-order valence-corrected chi connectivity index (χ0v) is 12.4. The highest BCUT2D eigenvalue weighted by atomic mass is 14.9. The standard InChI is InChI=1S/C16H34N2/c1-2-3-4-5-6-7-8-11-14-18-16-13-10-9-12-15(16)17/h15-16,18H,2-14,17H2,1H3. The Bertz CT molecular complexity index is 182. The van der Waals surface area contributed by atoms with Crippen molar-refractivity contribution in [3.63, 3.8) is 0 Å². The fourth-order valence-corrected chi connectivity index (χ4v) is 2.96. The van der Waals surface area contributed by atoms with E-state index < -0.39 is 0 Å². The number of hydrogen-bond donors (Lipinski definition) is 2. The second kappa shape index (κ2) is 10.8. The molecule has 108 valence electrons. The van der Waals surface area contributed by atoms with Gasteiger partial charge in [-0.05, 0) is 25.8 Å². The van der Waals surface area contributed by atoms with Gasteiger partial charge in [0.1, 0.15) is 0 Å². The number of hydrogen-bond acceptors (Lipinski definition) is 2. The van der Waals surface area contributed by atoms with Gasteiger partial charge in [0.2, 0.25) is 0 Å². The van der Waals surface area contributed by atoms with Crippen LogP contribution < -0.4 is 11.1 Å². The summed E-state index contributed by atoms with van der Waals surface area (Å²) in [5.74, 6) is 0. The predicted octanol–water partition coefficient (Wildman–Crippen LogP) is 3.99. The van der Waals surface area contributed by atoms with Crippen LogP contribution in [0.2, 0.25) is 0 Å². The zero-order chi connectivity index (χ0) is 13.1. The lowest BCUT2D eigenvalue weighted by molar-refractivity contribution is 0.325. The second-order valence-corrected chi connectivity index (χ2v) is 5.98. The van der Waals surface area contributed by atoms with Gasteiger partial charge in [-0.25, -0.2) is 0 Å². The van der Waals surface area contributed by atoms with Gasteiger partial charge in [-0.15, -0.1) is 0 Å². The van der Waals surface area contributed by atoms with E-state index in [1.807, 2.05) is 0 Å². The van der Waals surface area contributed by atoms with Crippen LogP contribution in [0.5, 0.6) is 0 Å². The molecule has 1 saturated carbocycles. The van der Waals surface area contributed by atoms with E-state index >= 15 is 0 Å². The molecule has 0 amide bonds. The van der Waals surface area contributed by atoms with Gasteiger partial charge in [0.25, 0.3) is 0 Å². The SMILES string of the molecule is CCCCCCCCCCNC1CCCCC1N. The maximum atomic E-state index is 6.13. The van der Waals surface area contributed by atoms with E-state index in [1.165, 1.54) is 83.6 Å². The van der Waals surface area contributed by atoms with Crippen LogP contribution in [0.4, 0.5) is 0 Å². The van der Waals surface area contributed by atoms with E-state index in [1.54, 1.807) is 0 Å². The van der Waals surface area contributed by atoms with Crippen LogP contribution in [-0.2, 0) is 0 Å². The maximum absolute atomic E-state index is 6.13. The molecule has 1 aliphatic rings. The van der Waals surface area contributed by atoms with Crippen molar-refractivity contribution in [2.24, 2.45) is 5.73 Å². The van der Waals surface area contributed by atoms with Gasteiger partial charge in [0, 0.05) is 12.1 Å². The van der Waals surface area contributed by atoms with Crippen molar-refractivity contribution in [1.29, 1.82) is 0 Å². The number of nitrogens with one attached hydrogen (secondary N) is 1. The summed E-state index contributed by atoms with van der Waals surface area (Å²) in [6.07, 6.45) is 16.4. The summed E-state index contributed by atoms with van der Waals surface area (Å²) in [4.78, 5) is 0. The molecule has 1 rings (SSSR count). The molecule has 18 heavy (non-hydrogen) atoms. The molecule has 0 bridgehead atoms. The highest BCUT2D eigenvalue weighted by molar-refractivity contribution is 4.83. The maximum Gasteiger partial charge on any atom is 0.0219 e. The van der Waals surface area contributed by atoms with Gasteiger partial charge in [-0.1, -0.05) is 64.7 Å². The monoisotopic (exact) mass is 254 g/mol. The molecule has 0 aromatic rings. The Balaban J connectivity index is 1.83. The van der Waals surface area contributed by atoms with Crippen molar-refractivity contribution >= 4 is 0 Å². The molecule has 0 saturated heterocycles. The van der Waals surface area contributed by atoms with E-state index in [0.29, 0.717) is 12.1 Å². The molecule has 2 nitrogen and oxygen atoms in total. The Hall–Kier alpha value is -0.0800. The van der Waals surface area contributed by atoms with Gasteiger partial charge in [0.15, 0.2) is 0 Å². The van der Waals surface area contributed by atoms with Crippen LogP contribution in [0, 0.1) is 0 Å². The summed E-state index contributed by atoms with van der Waals surface area (Å²) in [7, 11) is 0. The third-order valence-corrected chi connectivity index (χ3v) is 4.26. The minimum atomic E-state index is 0.410. The quantitative estimate of drug-likeness (QED) is 0.579. The van der Waals surface area contributed by atoms with Crippen LogP contribution in [-0.4, -0.2) is 18.6 Å².